The molecule has 39 heavy (non-hydrogen) atoms. The molecule has 3 aromatic heterocycles. The number of hydrogen-bond acceptors (Lipinski definition) is 6. The van der Waals surface area contributed by atoms with E-state index in [0.717, 1.165) is 35.5 Å². The van der Waals surface area contributed by atoms with Crippen molar-refractivity contribution in [3.05, 3.63) is 69.9 Å². The van der Waals surface area contributed by atoms with Crippen LogP contribution in [0.3, 0.4) is 0 Å². The van der Waals surface area contributed by atoms with Crippen LogP contribution in [-0.2, 0) is 23.8 Å². The van der Waals surface area contributed by atoms with Gasteiger partial charge in [0.05, 0.1) is 24.6 Å². The van der Waals surface area contributed by atoms with Crippen molar-refractivity contribution < 1.29 is 27.5 Å². The van der Waals surface area contributed by atoms with Crippen LogP contribution in [0.15, 0.2) is 42.6 Å². The molecule has 204 valence electrons. The molecule has 0 spiro atoms. The maximum atomic E-state index is 14.0. The van der Waals surface area contributed by atoms with Gasteiger partial charge >= 0.3 is 12.1 Å². The number of aromatic nitrogens is 3. The Kier molecular flexibility index (Phi) is 6.74. The third-order valence-electron chi connectivity index (χ3n) is 7.18. The molecule has 0 fully saturated rings. The van der Waals surface area contributed by atoms with Crippen molar-refractivity contribution in [2.24, 2.45) is 11.3 Å². The molecule has 7 nitrogen and oxygen atoms in total. The predicted molar refractivity (Wildman–Crippen MR) is 142 cm³/mol. The Bertz CT molecular complexity index is 1570. The number of thiophene rings is 1. The molecule has 0 saturated carbocycles. The van der Waals surface area contributed by atoms with Crippen LogP contribution in [0.2, 0.25) is 0 Å². The molecule has 1 unspecified atom stereocenters. The summed E-state index contributed by atoms with van der Waals surface area (Å²) in [7, 11) is 1.28. The van der Waals surface area contributed by atoms with Gasteiger partial charge in [-0.05, 0) is 42.2 Å². The normalized spacial score (nSPS) is 15.7. The van der Waals surface area contributed by atoms with Crippen LogP contribution in [0.1, 0.15) is 64.0 Å². The summed E-state index contributed by atoms with van der Waals surface area (Å²) in [5.41, 5.74) is 0.301. The number of carbonyl (C=O) groups excluding carboxylic acids is 2. The third kappa shape index (κ3) is 5.03. The van der Waals surface area contributed by atoms with Crippen LogP contribution in [0, 0.1) is 11.3 Å². The zero-order valence-electron chi connectivity index (χ0n) is 21.8. The van der Waals surface area contributed by atoms with E-state index in [4.69, 9.17) is 4.74 Å². The number of alkyl halides is 3. The molecule has 0 aliphatic heterocycles. The minimum Gasteiger partial charge on any atom is -0.465 e. The van der Waals surface area contributed by atoms with Gasteiger partial charge in [-0.1, -0.05) is 51.1 Å². The lowest BCUT2D eigenvalue weighted by molar-refractivity contribution is -0.142. The van der Waals surface area contributed by atoms with Gasteiger partial charge in [0, 0.05) is 10.4 Å². The van der Waals surface area contributed by atoms with Gasteiger partial charge in [-0.15, -0.1) is 11.3 Å². The van der Waals surface area contributed by atoms with Gasteiger partial charge in [0.2, 0.25) is 0 Å². The highest BCUT2D eigenvalue weighted by Gasteiger charge is 2.37. The van der Waals surface area contributed by atoms with Crippen LogP contribution in [0.25, 0.3) is 16.9 Å². The van der Waals surface area contributed by atoms with E-state index in [2.05, 4.69) is 36.2 Å². The molecule has 3 heterocycles. The van der Waals surface area contributed by atoms with E-state index in [1.54, 1.807) is 30.3 Å². The Labute approximate surface area is 227 Å². The fourth-order valence-electron chi connectivity index (χ4n) is 4.98. The van der Waals surface area contributed by atoms with Crippen molar-refractivity contribution in [2.45, 2.75) is 46.2 Å². The molecule has 1 atom stereocenters. The van der Waals surface area contributed by atoms with Gasteiger partial charge in [0.15, 0.2) is 11.3 Å². The molecular formula is C28H27F3N4O3S. The third-order valence-corrected chi connectivity index (χ3v) is 8.35. The molecule has 1 aliphatic carbocycles. The van der Waals surface area contributed by atoms with Crippen LogP contribution < -0.4 is 5.32 Å². The van der Waals surface area contributed by atoms with Gasteiger partial charge < -0.3 is 10.1 Å². The highest BCUT2D eigenvalue weighted by atomic mass is 32.1. The molecule has 5 rings (SSSR count). The summed E-state index contributed by atoms with van der Waals surface area (Å²) >= 11 is 1.30. The number of halogens is 3. The number of nitrogens with one attached hydrogen (secondary N) is 1. The first kappa shape index (κ1) is 26.9. The number of fused-ring (bicyclic) bond motifs is 2. The molecule has 0 bridgehead atoms. The minimum atomic E-state index is -4.74. The Morgan fingerprint density at radius 3 is 2.51 bits per heavy atom. The Morgan fingerprint density at radius 2 is 1.87 bits per heavy atom. The highest BCUT2D eigenvalue weighted by molar-refractivity contribution is 7.17. The topological polar surface area (TPSA) is 85.6 Å². The Balaban J connectivity index is 1.57. The Hall–Kier alpha value is -3.73. The summed E-state index contributed by atoms with van der Waals surface area (Å²) < 4.78 is 47.5. The number of rotatable bonds is 4. The molecule has 0 saturated heterocycles. The van der Waals surface area contributed by atoms with Gasteiger partial charge in [-0.2, -0.15) is 18.3 Å². The summed E-state index contributed by atoms with van der Waals surface area (Å²) in [4.78, 5) is 31.6. The van der Waals surface area contributed by atoms with E-state index >= 15 is 0 Å². The molecule has 1 N–H and O–H groups in total. The number of nitrogens with zero attached hydrogens (tertiary/aromatic N) is 3. The maximum Gasteiger partial charge on any atom is 0.433 e. The van der Waals surface area contributed by atoms with E-state index in [0.29, 0.717) is 33.0 Å². The van der Waals surface area contributed by atoms with Gasteiger partial charge in [0.25, 0.3) is 5.91 Å². The van der Waals surface area contributed by atoms with Crippen molar-refractivity contribution in [1.82, 2.24) is 14.6 Å². The fraction of sp³-hybridized carbons (Fsp3) is 0.357. The average Bonchev–Trinajstić information content (AvgIpc) is 3.47. The van der Waals surface area contributed by atoms with Crippen molar-refractivity contribution in [3.8, 4) is 11.3 Å². The lowest BCUT2D eigenvalue weighted by atomic mass is 9.72. The molecular weight excluding hydrogens is 529 g/mol. The van der Waals surface area contributed by atoms with Gasteiger partial charge in [-0.3, -0.25) is 4.79 Å². The predicted octanol–water partition coefficient (Wildman–Crippen LogP) is 6.67. The summed E-state index contributed by atoms with van der Waals surface area (Å²) in [5, 5.41) is 6.90. The Morgan fingerprint density at radius 1 is 1.15 bits per heavy atom. The number of amides is 1. The number of esters is 1. The number of hydrogen-bond donors (Lipinski definition) is 1. The van der Waals surface area contributed by atoms with Crippen molar-refractivity contribution >= 4 is 33.9 Å². The number of benzene rings is 1. The second-order valence-corrected chi connectivity index (χ2v) is 11.7. The summed E-state index contributed by atoms with van der Waals surface area (Å²) in [5.74, 6) is -0.883. The monoisotopic (exact) mass is 556 g/mol. The fourth-order valence-corrected chi connectivity index (χ4v) is 6.29. The second kappa shape index (κ2) is 9.78. The lowest BCUT2D eigenvalue weighted by Crippen LogP contribution is -2.26. The molecule has 4 aromatic rings. The molecule has 0 radical (unpaired) electrons. The van der Waals surface area contributed by atoms with Crippen LogP contribution in [0.5, 0.6) is 0 Å². The lowest BCUT2D eigenvalue weighted by Gasteiger charge is -2.33. The van der Waals surface area contributed by atoms with Gasteiger partial charge in [-0.25, -0.2) is 14.3 Å². The summed E-state index contributed by atoms with van der Waals surface area (Å²) in [6, 6.07) is 9.31. The second-order valence-electron chi connectivity index (χ2n) is 10.6. The quantitative estimate of drug-likeness (QED) is 0.284. The standard InChI is InChI=1S/C28H27F3N4O3S/c1-27(2,3)16-10-11-17-20(12-16)39-25(22(17)26(37)38-4)34-24(36)18-14-32-35-21(28(29,30)31)13-19(33-23(18)35)15-8-6-5-7-9-15/h5-9,13-14,16H,10-12H2,1-4H3,(H,34,36). The van der Waals surface area contributed by atoms with Crippen molar-refractivity contribution in [2.75, 3.05) is 12.4 Å². The largest absolute Gasteiger partial charge is 0.465 e. The van der Waals surface area contributed by atoms with Crippen LogP contribution >= 0.6 is 11.3 Å². The first-order valence-corrected chi connectivity index (χ1v) is 13.3. The highest BCUT2D eigenvalue weighted by Crippen LogP contribution is 2.44. The van der Waals surface area contributed by atoms with Crippen LogP contribution in [0.4, 0.5) is 18.2 Å². The zero-order chi connectivity index (χ0) is 28.1. The van der Waals surface area contributed by atoms with Gasteiger partial charge in [0.1, 0.15) is 10.6 Å². The first-order chi connectivity index (χ1) is 18.4. The minimum absolute atomic E-state index is 0.0556. The average molecular weight is 557 g/mol. The molecule has 1 aromatic carbocycles. The van der Waals surface area contributed by atoms with Crippen molar-refractivity contribution in [3.63, 3.8) is 0 Å². The summed E-state index contributed by atoms with van der Waals surface area (Å²) in [6.45, 7) is 6.53. The number of methoxy groups -OCH3 is 1. The maximum absolute atomic E-state index is 14.0. The SMILES string of the molecule is COC(=O)c1c(NC(=O)c2cnn3c(C(F)(F)F)cc(-c4ccccc4)nc23)sc2c1CCC(C(C)(C)C)C2. The smallest absolute Gasteiger partial charge is 0.433 e. The number of carbonyl (C=O) groups is 2. The number of anilines is 1. The number of ether oxygens (including phenoxy) is 1. The van der Waals surface area contributed by atoms with E-state index in [9.17, 15) is 22.8 Å². The zero-order valence-corrected chi connectivity index (χ0v) is 22.7. The van der Waals surface area contributed by atoms with Crippen molar-refractivity contribution in [1.29, 1.82) is 0 Å². The van der Waals surface area contributed by atoms with E-state index in [-0.39, 0.29) is 22.3 Å². The van der Waals surface area contributed by atoms with E-state index in [1.807, 2.05) is 0 Å². The van der Waals surface area contributed by atoms with E-state index < -0.39 is 23.7 Å². The van der Waals surface area contributed by atoms with E-state index in [1.165, 1.54) is 18.4 Å². The summed E-state index contributed by atoms with van der Waals surface area (Å²) in [6.07, 6.45) is -1.36. The van der Waals surface area contributed by atoms with Crippen LogP contribution in [-0.4, -0.2) is 33.6 Å². The molecule has 1 aliphatic rings. The molecule has 1 amide bonds. The molecule has 11 heteroatoms. The first-order valence-electron chi connectivity index (χ1n) is 12.4.